The summed E-state index contributed by atoms with van der Waals surface area (Å²) in [5.74, 6) is 1.47. The minimum atomic E-state index is 0.614. The Hall–Kier alpha value is -3.07. The fourth-order valence-corrected chi connectivity index (χ4v) is 2.17. The molecule has 3 rings (SSSR count). The molecule has 0 radical (unpaired) electrons. The van der Waals surface area contributed by atoms with Crippen LogP contribution < -0.4 is 10.2 Å². The summed E-state index contributed by atoms with van der Waals surface area (Å²) in [4.78, 5) is 10.8. The molecule has 1 N–H and O–H groups in total. The molecule has 6 nitrogen and oxygen atoms in total. The Morgan fingerprint density at radius 3 is 3.00 bits per heavy atom. The minimum Gasteiger partial charge on any atom is -0.372 e. The van der Waals surface area contributed by atoms with Gasteiger partial charge in [0.2, 0.25) is 0 Å². The van der Waals surface area contributed by atoms with Crippen LogP contribution in [-0.4, -0.2) is 28.5 Å². The number of nitrogens with one attached hydrogen (secondary N) is 1. The van der Waals surface area contributed by atoms with E-state index >= 15 is 0 Å². The fraction of sp³-hybridized carbons (Fsp3) is 0.133. The summed E-state index contributed by atoms with van der Waals surface area (Å²) >= 11 is 0. The van der Waals surface area contributed by atoms with Gasteiger partial charge in [-0.1, -0.05) is 6.07 Å². The molecule has 0 saturated heterocycles. The first-order valence-electron chi connectivity index (χ1n) is 6.48. The zero-order chi connectivity index (χ0) is 14.8. The van der Waals surface area contributed by atoms with Gasteiger partial charge in [0.05, 0.1) is 17.8 Å². The van der Waals surface area contributed by atoms with Gasteiger partial charge in [0, 0.05) is 32.2 Å². The van der Waals surface area contributed by atoms with Crippen molar-refractivity contribution >= 4 is 23.0 Å². The largest absolute Gasteiger partial charge is 0.372 e. The van der Waals surface area contributed by atoms with Crippen LogP contribution in [0.5, 0.6) is 0 Å². The average molecular weight is 278 g/mol. The van der Waals surface area contributed by atoms with Crippen LogP contribution in [0.4, 0.5) is 17.3 Å². The number of rotatable bonds is 3. The third-order valence-electron chi connectivity index (χ3n) is 3.29. The quantitative estimate of drug-likeness (QED) is 0.796. The molecular formula is C15H14N6. The number of nitrogens with zero attached hydrogens (tertiary/aromatic N) is 5. The van der Waals surface area contributed by atoms with Crippen molar-refractivity contribution in [3.8, 4) is 6.07 Å². The normalized spacial score (nSPS) is 10.3. The second kappa shape index (κ2) is 5.13. The van der Waals surface area contributed by atoms with Crippen LogP contribution >= 0.6 is 0 Å². The van der Waals surface area contributed by atoms with Crippen molar-refractivity contribution in [2.75, 3.05) is 24.3 Å². The smallest absolute Gasteiger partial charge is 0.180 e. The van der Waals surface area contributed by atoms with Crippen molar-refractivity contribution in [3.05, 3.63) is 48.4 Å². The van der Waals surface area contributed by atoms with Gasteiger partial charge in [0.1, 0.15) is 5.82 Å². The highest BCUT2D eigenvalue weighted by molar-refractivity contribution is 5.73. The number of benzene rings is 1. The summed E-state index contributed by atoms with van der Waals surface area (Å²) in [6.45, 7) is 0. The van der Waals surface area contributed by atoms with Crippen LogP contribution in [0.15, 0.2) is 42.9 Å². The van der Waals surface area contributed by atoms with Gasteiger partial charge in [0.25, 0.3) is 0 Å². The number of imidazole rings is 1. The molecule has 0 aliphatic rings. The summed E-state index contributed by atoms with van der Waals surface area (Å²) in [5.41, 5.74) is 2.27. The number of nitriles is 1. The lowest BCUT2D eigenvalue weighted by atomic mass is 10.2. The molecule has 2 aromatic heterocycles. The SMILES string of the molecule is CNc1cn2ccnc2c(N(C)c2cccc(C#N)c2)n1. The maximum absolute atomic E-state index is 9.02. The Bertz CT molecular complexity index is 830. The molecule has 0 saturated carbocycles. The molecule has 1 aromatic carbocycles. The molecule has 104 valence electrons. The van der Waals surface area contributed by atoms with Gasteiger partial charge in [0.15, 0.2) is 11.5 Å². The first-order valence-corrected chi connectivity index (χ1v) is 6.48. The molecule has 0 unspecified atom stereocenters. The van der Waals surface area contributed by atoms with Gasteiger partial charge in [-0.15, -0.1) is 0 Å². The van der Waals surface area contributed by atoms with Crippen molar-refractivity contribution in [2.45, 2.75) is 0 Å². The molecule has 21 heavy (non-hydrogen) atoms. The zero-order valence-electron chi connectivity index (χ0n) is 11.8. The average Bonchev–Trinajstić information content (AvgIpc) is 3.01. The number of hydrogen-bond donors (Lipinski definition) is 1. The summed E-state index contributed by atoms with van der Waals surface area (Å²) in [5, 5.41) is 12.1. The number of hydrogen-bond acceptors (Lipinski definition) is 5. The van der Waals surface area contributed by atoms with E-state index in [2.05, 4.69) is 21.4 Å². The van der Waals surface area contributed by atoms with E-state index in [-0.39, 0.29) is 0 Å². The minimum absolute atomic E-state index is 0.614. The molecule has 0 aliphatic carbocycles. The predicted octanol–water partition coefficient (Wildman–Crippen LogP) is 2.41. The summed E-state index contributed by atoms with van der Waals surface area (Å²) in [6.07, 6.45) is 5.49. The monoisotopic (exact) mass is 278 g/mol. The Labute approximate surface area is 122 Å². The number of fused-ring (bicyclic) bond motifs is 1. The van der Waals surface area contributed by atoms with E-state index < -0.39 is 0 Å². The lowest BCUT2D eigenvalue weighted by molar-refractivity contribution is 1.06. The second-order valence-corrected chi connectivity index (χ2v) is 4.58. The molecule has 6 heteroatoms. The lowest BCUT2D eigenvalue weighted by Crippen LogP contribution is -2.14. The Balaban J connectivity index is 2.14. The van der Waals surface area contributed by atoms with Crippen LogP contribution in [0.2, 0.25) is 0 Å². The lowest BCUT2D eigenvalue weighted by Gasteiger charge is -2.19. The van der Waals surface area contributed by atoms with Crippen LogP contribution in [-0.2, 0) is 0 Å². The van der Waals surface area contributed by atoms with E-state index in [4.69, 9.17) is 5.26 Å². The Kier molecular flexibility index (Phi) is 3.16. The van der Waals surface area contributed by atoms with Gasteiger partial charge >= 0.3 is 0 Å². The van der Waals surface area contributed by atoms with E-state index in [0.717, 1.165) is 23.0 Å². The van der Waals surface area contributed by atoms with Crippen molar-refractivity contribution < 1.29 is 0 Å². The van der Waals surface area contributed by atoms with Crippen molar-refractivity contribution in [1.82, 2.24) is 14.4 Å². The number of aromatic nitrogens is 3. The third-order valence-corrected chi connectivity index (χ3v) is 3.29. The molecule has 0 amide bonds. The van der Waals surface area contributed by atoms with Crippen molar-refractivity contribution in [3.63, 3.8) is 0 Å². The van der Waals surface area contributed by atoms with E-state index in [1.54, 1.807) is 12.3 Å². The molecule has 0 atom stereocenters. The first-order chi connectivity index (χ1) is 10.2. The molecule has 0 bridgehead atoms. The molecule has 0 spiro atoms. The van der Waals surface area contributed by atoms with E-state index in [1.165, 1.54) is 0 Å². The highest BCUT2D eigenvalue weighted by Crippen LogP contribution is 2.27. The van der Waals surface area contributed by atoms with Gasteiger partial charge in [-0.05, 0) is 18.2 Å². The summed E-state index contributed by atoms with van der Waals surface area (Å²) < 4.78 is 1.92. The summed E-state index contributed by atoms with van der Waals surface area (Å²) in [6, 6.07) is 9.55. The van der Waals surface area contributed by atoms with Crippen LogP contribution in [0.1, 0.15) is 5.56 Å². The summed E-state index contributed by atoms with van der Waals surface area (Å²) in [7, 11) is 3.73. The molecule has 0 fully saturated rings. The molecule has 3 aromatic rings. The van der Waals surface area contributed by atoms with Gasteiger partial charge in [-0.25, -0.2) is 9.97 Å². The second-order valence-electron chi connectivity index (χ2n) is 4.58. The van der Waals surface area contributed by atoms with E-state index in [9.17, 15) is 0 Å². The topological polar surface area (TPSA) is 69.2 Å². The maximum atomic E-state index is 9.02. The van der Waals surface area contributed by atoms with E-state index in [0.29, 0.717) is 5.56 Å². The fourth-order valence-electron chi connectivity index (χ4n) is 2.17. The molecule has 0 aliphatic heterocycles. The predicted molar refractivity (Wildman–Crippen MR) is 81.8 cm³/mol. The Morgan fingerprint density at radius 2 is 2.24 bits per heavy atom. The van der Waals surface area contributed by atoms with Crippen LogP contribution in [0.25, 0.3) is 5.65 Å². The molecule has 2 heterocycles. The molecular weight excluding hydrogens is 264 g/mol. The third kappa shape index (κ3) is 2.25. The standard InChI is InChI=1S/C15H14N6/c1-17-13-10-21-7-6-18-14(21)15(19-13)20(2)12-5-3-4-11(8-12)9-16/h3-8,10,17H,1-2H3. The maximum Gasteiger partial charge on any atom is 0.180 e. The van der Waals surface area contributed by atoms with Crippen LogP contribution in [0, 0.1) is 11.3 Å². The highest BCUT2D eigenvalue weighted by atomic mass is 15.2. The number of anilines is 3. The first kappa shape index (κ1) is 12.9. The van der Waals surface area contributed by atoms with Gasteiger partial charge < -0.3 is 14.6 Å². The van der Waals surface area contributed by atoms with Crippen molar-refractivity contribution in [2.24, 2.45) is 0 Å². The highest BCUT2D eigenvalue weighted by Gasteiger charge is 2.13. The van der Waals surface area contributed by atoms with Gasteiger partial charge in [-0.2, -0.15) is 5.26 Å². The van der Waals surface area contributed by atoms with Gasteiger partial charge in [-0.3, -0.25) is 0 Å². The van der Waals surface area contributed by atoms with E-state index in [1.807, 2.05) is 54.0 Å². The van der Waals surface area contributed by atoms with Crippen LogP contribution in [0.3, 0.4) is 0 Å². The zero-order valence-corrected chi connectivity index (χ0v) is 11.8. The Morgan fingerprint density at radius 1 is 1.38 bits per heavy atom. The van der Waals surface area contributed by atoms with Crippen molar-refractivity contribution in [1.29, 1.82) is 5.26 Å².